The zero-order valence-electron chi connectivity index (χ0n) is 8.29. The van der Waals surface area contributed by atoms with Crippen LogP contribution in [0.1, 0.15) is 19.8 Å². The van der Waals surface area contributed by atoms with Gasteiger partial charge in [0.2, 0.25) is 0 Å². The predicted octanol–water partition coefficient (Wildman–Crippen LogP) is 1.38. The fraction of sp³-hybridized carbons (Fsp3) is 0.545. The van der Waals surface area contributed by atoms with E-state index in [1.807, 2.05) is 6.92 Å². The Balaban J connectivity index is 1.96. The number of hydrogen-bond donors (Lipinski definition) is 1. The molecule has 0 bridgehead atoms. The maximum absolute atomic E-state index is 5.74. The Bertz CT molecular complexity index is 354. The third-order valence-electron chi connectivity index (χ3n) is 2.99. The number of nitrogens with one attached hydrogen (secondary N) is 1. The Hall–Kier alpha value is -1.25. The van der Waals surface area contributed by atoms with Crippen LogP contribution in [-0.2, 0) is 4.74 Å². The van der Waals surface area contributed by atoms with Crippen molar-refractivity contribution in [3.8, 4) is 0 Å². The number of rotatable bonds is 0. The summed E-state index contributed by atoms with van der Waals surface area (Å²) in [5.74, 6) is 2.15. The SMILES string of the molecule is CC1=NC2C=CC3=C(OCCC3)C2N1. The second kappa shape index (κ2) is 2.87. The fourth-order valence-corrected chi connectivity index (χ4v) is 2.35. The zero-order chi connectivity index (χ0) is 9.54. The van der Waals surface area contributed by atoms with E-state index in [2.05, 4.69) is 22.5 Å². The van der Waals surface area contributed by atoms with Crippen LogP contribution in [0.15, 0.2) is 28.5 Å². The van der Waals surface area contributed by atoms with Crippen LogP contribution >= 0.6 is 0 Å². The van der Waals surface area contributed by atoms with Gasteiger partial charge in [0.25, 0.3) is 0 Å². The molecule has 0 saturated carbocycles. The van der Waals surface area contributed by atoms with Crippen LogP contribution in [-0.4, -0.2) is 24.5 Å². The predicted molar refractivity (Wildman–Crippen MR) is 55.2 cm³/mol. The van der Waals surface area contributed by atoms with Crippen LogP contribution in [0.5, 0.6) is 0 Å². The summed E-state index contributed by atoms with van der Waals surface area (Å²) < 4.78 is 5.74. The molecule has 3 aliphatic rings. The minimum atomic E-state index is 0.256. The van der Waals surface area contributed by atoms with E-state index >= 15 is 0 Å². The van der Waals surface area contributed by atoms with Gasteiger partial charge in [-0.3, -0.25) is 4.99 Å². The van der Waals surface area contributed by atoms with Gasteiger partial charge in [0.05, 0.1) is 18.5 Å². The molecular weight excluding hydrogens is 176 g/mol. The minimum Gasteiger partial charge on any atom is -0.495 e. The second-order valence-electron chi connectivity index (χ2n) is 4.03. The summed E-state index contributed by atoms with van der Waals surface area (Å²) in [6, 6.07) is 0.530. The number of aliphatic imine (C=N–C) groups is 1. The van der Waals surface area contributed by atoms with Gasteiger partial charge >= 0.3 is 0 Å². The number of fused-ring (bicyclic) bond motifs is 2. The molecule has 3 rings (SSSR count). The monoisotopic (exact) mass is 190 g/mol. The highest BCUT2D eigenvalue weighted by Gasteiger charge is 2.34. The Morgan fingerprint density at radius 2 is 2.50 bits per heavy atom. The van der Waals surface area contributed by atoms with Gasteiger partial charge in [0.15, 0.2) is 0 Å². The molecule has 0 aromatic carbocycles. The quantitative estimate of drug-likeness (QED) is 0.626. The first-order valence-electron chi connectivity index (χ1n) is 5.19. The number of ether oxygens (including phenoxy) is 1. The van der Waals surface area contributed by atoms with E-state index in [1.165, 1.54) is 5.57 Å². The van der Waals surface area contributed by atoms with Crippen LogP contribution in [0, 0.1) is 0 Å². The zero-order valence-corrected chi connectivity index (χ0v) is 8.29. The molecule has 0 aromatic heterocycles. The Kier molecular flexibility index (Phi) is 1.66. The van der Waals surface area contributed by atoms with E-state index in [-0.39, 0.29) is 12.1 Å². The summed E-state index contributed by atoms with van der Waals surface area (Å²) >= 11 is 0. The molecule has 0 saturated heterocycles. The maximum atomic E-state index is 5.74. The molecule has 3 nitrogen and oxygen atoms in total. The van der Waals surface area contributed by atoms with Gasteiger partial charge < -0.3 is 10.1 Å². The minimum absolute atomic E-state index is 0.256. The molecule has 0 aromatic rings. The van der Waals surface area contributed by atoms with E-state index in [0.717, 1.165) is 31.0 Å². The van der Waals surface area contributed by atoms with Crippen molar-refractivity contribution in [1.82, 2.24) is 5.32 Å². The number of allylic oxidation sites excluding steroid dienone is 2. The van der Waals surface area contributed by atoms with Crippen molar-refractivity contribution in [3.63, 3.8) is 0 Å². The lowest BCUT2D eigenvalue weighted by atomic mass is 9.93. The van der Waals surface area contributed by atoms with Crippen LogP contribution < -0.4 is 5.32 Å². The first-order valence-corrected chi connectivity index (χ1v) is 5.19. The molecule has 2 heterocycles. The van der Waals surface area contributed by atoms with Crippen LogP contribution in [0.4, 0.5) is 0 Å². The standard InChI is InChI=1S/C11H14N2O/c1-7-12-9-5-4-8-3-2-6-14-11(8)10(9)13-7/h4-5,9-10H,2-3,6H2,1H3,(H,12,13). The molecule has 14 heavy (non-hydrogen) atoms. The highest BCUT2D eigenvalue weighted by molar-refractivity contribution is 5.83. The first-order chi connectivity index (χ1) is 6.84. The van der Waals surface area contributed by atoms with Gasteiger partial charge in [-0.1, -0.05) is 12.2 Å². The van der Waals surface area contributed by atoms with Crippen LogP contribution in [0.25, 0.3) is 0 Å². The maximum Gasteiger partial charge on any atom is 0.124 e. The van der Waals surface area contributed by atoms with Gasteiger partial charge in [0.1, 0.15) is 11.8 Å². The first kappa shape index (κ1) is 8.09. The van der Waals surface area contributed by atoms with Crippen LogP contribution in [0.2, 0.25) is 0 Å². The van der Waals surface area contributed by atoms with Crippen molar-refractivity contribution >= 4 is 5.84 Å². The summed E-state index contributed by atoms with van der Waals surface area (Å²) in [4.78, 5) is 4.51. The van der Waals surface area contributed by atoms with Crippen molar-refractivity contribution in [2.24, 2.45) is 4.99 Å². The normalized spacial score (nSPS) is 34.2. The van der Waals surface area contributed by atoms with E-state index < -0.39 is 0 Å². The van der Waals surface area contributed by atoms with Gasteiger partial charge in [0, 0.05) is 0 Å². The lowest BCUT2D eigenvalue weighted by molar-refractivity contribution is 0.165. The van der Waals surface area contributed by atoms with E-state index in [9.17, 15) is 0 Å². The van der Waals surface area contributed by atoms with Gasteiger partial charge in [-0.15, -0.1) is 0 Å². The van der Waals surface area contributed by atoms with Crippen molar-refractivity contribution in [2.75, 3.05) is 6.61 Å². The topological polar surface area (TPSA) is 33.6 Å². The average Bonchev–Trinajstić information content (AvgIpc) is 2.59. The van der Waals surface area contributed by atoms with Gasteiger partial charge in [-0.25, -0.2) is 0 Å². The van der Waals surface area contributed by atoms with Gasteiger partial charge in [-0.2, -0.15) is 0 Å². The van der Waals surface area contributed by atoms with Crippen molar-refractivity contribution in [1.29, 1.82) is 0 Å². The highest BCUT2D eigenvalue weighted by Crippen LogP contribution is 2.31. The molecule has 2 unspecified atom stereocenters. The Morgan fingerprint density at radius 3 is 3.43 bits per heavy atom. The molecule has 0 radical (unpaired) electrons. The highest BCUT2D eigenvalue weighted by atomic mass is 16.5. The average molecular weight is 190 g/mol. The van der Waals surface area contributed by atoms with Gasteiger partial charge in [-0.05, 0) is 25.3 Å². The van der Waals surface area contributed by atoms with Crippen molar-refractivity contribution < 1.29 is 4.74 Å². The third-order valence-corrected chi connectivity index (χ3v) is 2.99. The van der Waals surface area contributed by atoms with Crippen LogP contribution in [0.3, 0.4) is 0 Å². The van der Waals surface area contributed by atoms with E-state index in [4.69, 9.17) is 4.74 Å². The Labute approximate surface area is 83.6 Å². The summed E-state index contributed by atoms with van der Waals surface area (Å²) in [6.07, 6.45) is 6.65. The molecule has 0 fully saturated rings. The summed E-state index contributed by atoms with van der Waals surface area (Å²) in [5, 5.41) is 3.37. The van der Waals surface area contributed by atoms with E-state index in [0.29, 0.717) is 0 Å². The van der Waals surface area contributed by atoms with Crippen molar-refractivity contribution in [3.05, 3.63) is 23.5 Å². The fourth-order valence-electron chi connectivity index (χ4n) is 2.35. The number of nitrogens with zero attached hydrogens (tertiary/aromatic N) is 1. The smallest absolute Gasteiger partial charge is 0.124 e. The van der Waals surface area contributed by atoms with Crippen molar-refractivity contribution in [2.45, 2.75) is 31.8 Å². The summed E-state index contributed by atoms with van der Waals surface area (Å²) in [6.45, 7) is 2.87. The third kappa shape index (κ3) is 1.08. The largest absolute Gasteiger partial charge is 0.495 e. The lowest BCUT2D eigenvalue weighted by Crippen LogP contribution is -2.39. The molecule has 2 aliphatic heterocycles. The molecule has 3 heteroatoms. The molecule has 2 atom stereocenters. The second-order valence-corrected chi connectivity index (χ2v) is 4.03. The molecule has 1 aliphatic carbocycles. The lowest BCUT2D eigenvalue weighted by Gasteiger charge is -2.29. The summed E-state index contributed by atoms with van der Waals surface area (Å²) in [5.41, 5.74) is 1.36. The Morgan fingerprint density at radius 1 is 1.57 bits per heavy atom. The molecule has 1 N–H and O–H groups in total. The molecule has 0 amide bonds. The van der Waals surface area contributed by atoms with E-state index in [1.54, 1.807) is 0 Å². The number of hydrogen-bond acceptors (Lipinski definition) is 3. The summed E-state index contributed by atoms with van der Waals surface area (Å²) in [7, 11) is 0. The molecular formula is C11H14N2O. The molecule has 74 valence electrons. The number of amidine groups is 1. The molecule has 0 spiro atoms.